The number of carbonyl (C=O) groups is 2. The van der Waals surface area contributed by atoms with Crippen molar-refractivity contribution in [1.29, 1.82) is 5.26 Å². The average Bonchev–Trinajstić information content (AvgIpc) is 3.62. The second kappa shape index (κ2) is 24.3. The molecule has 6 heteroatoms. The largest absolute Gasteiger partial charge is 0.334 e. The van der Waals surface area contributed by atoms with Crippen molar-refractivity contribution in [2.75, 3.05) is 13.1 Å². The van der Waals surface area contributed by atoms with Gasteiger partial charge in [0.05, 0.1) is 35.3 Å². The lowest BCUT2D eigenvalue weighted by Gasteiger charge is -2.37. The van der Waals surface area contributed by atoms with Crippen LogP contribution >= 0.6 is 11.8 Å². The summed E-state index contributed by atoms with van der Waals surface area (Å²) in [5.74, 6) is 0.349. The van der Waals surface area contributed by atoms with Crippen LogP contribution in [0.1, 0.15) is 161 Å². The first-order valence-electron chi connectivity index (χ1n) is 22.7. The number of nitrogens with two attached hydrogens (primary N) is 1. The second-order valence-corrected chi connectivity index (χ2v) is 17.7. The molecular weight excluding hydrogens is 719 g/mol. The quantitative estimate of drug-likeness (QED) is 0.0402. The first-order chi connectivity index (χ1) is 28.1. The number of benzene rings is 2. The Hall–Kier alpha value is -3.66. The van der Waals surface area contributed by atoms with Crippen molar-refractivity contribution in [3.63, 3.8) is 0 Å². The van der Waals surface area contributed by atoms with Gasteiger partial charge in [-0.15, -0.1) is 0 Å². The monoisotopic (exact) mass is 789 g/mol. The average molecular weight is 789 g/mol. The zero-order valence-electron chi connectivity index (χ0n) is 35.2. The summed E-state index contributed by atoms with van der Waals surface area (Å²) in [7, 11) is 0. The number of allylic oxidation sites excluding steroid dienone is 7. The van der Waals surface area contributed by atoms with Gasteiger partial charge in [-0.1, -0.05) is 177 Å². The van der Waals surface area contributed by atoms with Gasteiger partial charge in [0.15, 0.2) is 0 Å². The van der Waals surface area contributed by atoms with E-state index in [1.54, 1.807) is 11.8 Å². The van der Waals surface area contributed by atoms with Crippen LogP contribution in [0.2, 0.25) is 0 Å². The highest BCUT2D eigenvalue weighted by Gasteiger charge is 2.41. The molecule has 1 unspecified atom stereocenters. The molecular formula is C51H70N3O2S+. The van der Waals surface area contributed by atoms with Crippen molar-refractivity contribution in [1.82, 2.24) is 4.90 Å². The van der Waals surface area contributed by atoms with E-state index in [4.69, 9.17) is 0 Å². The van der Waals surface area contributed by atoms with E-state index in [0.717, 1.165) is 61.0 Å². The molecule has 306 valence electrons. The molecule has 1 atom stereocenters. The molecule has 0 saturated heterocycles. The number of hydrogen-bond acceptors (Lipinski definition) is 5. The molecule has 2 aromatic carbocycles. The van der Waals surface area contributed by atoms with E-state index in [1.165, 1.54) is 122 Å². The van der Waals surface area contributed by atoms with E-state index in [-0.39, 0.29) is 5.41 Å². The Morgan fingerprint density at radius 1 is 0.860 bits per heavy atom. The Labute approximate surface area is 349 Å². The maximum absolute atomic E-state index is 11.9. The van der Waals surface area contributed by atoms with Gasteiger partial charge >= 0.3 is 0 Å². The molecule has 2 aromatic rings. The van der Waals surface area contributed by atoms with E-state index < -0.39 is 0 Å². The Morgan fingerprint density at radius 2 is 1.51 bits per heavy atom. The minimum absolute atomic E-state index is 0.276. The van der Waals surface area contributed by atoms with Crippen molar-refractivity contribution in [3.05, 3.63) is 99.1 Å². The van der Waals surface area contributed by atoms with Gasteiger partial charge in [-0.3, -0.25) is 0 Å². The van der Waals surface area contributed by atoms with Gasteiger partial charge in [-0.25, -0.2) is 0 Å². The highest BCUT2D eigenvalue weighted by Crippen LogP contribution is 2.54. The third-order valence-electron chi connectivity index (χ3n) is 12.5. The summed E-state index contributed by atoms with van der Waals surface area (Å²) in [6, 6.07) is 16.2. The van der Waals surface area contributed by atoms with Gasteiger partial charge in [0.25, 0.3) is 0 Å². The highest BCUT2D eigenvalue weighted by molar-refractivity contribution is 8.07. The number of carbonyl (C=O) groups excluding carboxylic acids is 2. The van der Waals surface area contributed by atoms with Gasteiger partial charge < -0.3 is 19.8 Å². The van der Waals surface area contributed by atoms with Crippen LogP contribution in [0, 0.1) is 17.2 Å². The van der Waals surface area contributed by atoms with Crippen molar-refractivity contribution in [2.24, 2.45) is 5.92 Å². The lowest BCUT2D eigenvalue weighted by atomic mass is 9.66. The minimum Gasteiger partial charge on any atom is -0.334 e. The summed E-state index contributed by atoms with van der Waals surface area (Å²) in [6.07, 6.45) is 38.0. The number of nitrogens with zero attached hydrogens (tertiary/aromatic N) is 2. The fraction of sp³-hybridized carbons (Fsp3) is 0.549. The lowest BCUT2D eigenvalue weighted by Crippen LogP contribution is -2.78. The maximum Gasteiger partial charge on any atom is 0.134 e. The standard InChI is InChI=1S/C51H69N3O2S/c1-3-5-7-9-11-13-15-21-33-51(34-22-16-14-12-10-8-6-4-2,48-44-27-19-17-25-41(44)29-31-46(48)53-35-23-37-55)39-43(40-52)50-54(36-24-38-56)47-32-30-42-26-18-20-28-45(42)49(47)57-50/h17-20,25,27-32,37-38,42,53H,3-16,21-24,26,33-36,39H2,1-2H3/p+1/b50-43+. The van der Waals surface area contributed by atoms with Crippen LogP contribution in [0.4, 0.5) is 5.69 Å². The fourth-order valence-electron chi connectivity index (χ4n) is 9.41. The Balaban J connectivity index is 1.59. The molecule has 57 heavy (non-hydrogen) atoms. The van der Waals surface area contributed by atoms with Crippen LogP contribution in [-0.2, 0) is 15.0 Å². The zero-order valence-corrected chi connectivity index (χ0v) is 36.1. The molecule has 0 spiro atoms. The summed E-state index contributed by atoms with van der Waals surface area (Å²) in [5.41, 5.74) is 5.60. The van der Waals surface area contributed by atoms with Crippen LogP contribution in [-0.4, -0.2) is 30.6 Å². The van der Waals surface area contributed by atoms with Gasteiger partial charge in [-0.05, 0) is 60.2 Å². The molecule has 0 fully saturated rings. The molecule has 0 saturated carbocycles. The molecule has 2 aliphatic carbocycles. The lowest BCUT2D eigenvalue weighted by molar-refractivity contribution is -0.570. The molecule has 0 radical (unpaired) electrons. The van der Waals surface area contributed by atoms with Gasteiger partial charge in [-0.2, -0.15) is 5.26 Å². The second-order valence-electron chi connectivity index (χ2n) is 16.7. The number of fused-ring (bicyclic) bond motifs is 3. The maximum atomic E-state index is 11.9. The SMILES string of the molecule is CCCCCCCCCCC(CCCCCCCCCC)(C/C(C#N)=C1\SC2=C(C=CC3CC=CC=C23)N1CCC=O)c1c([NH2+]CCC=O)ccc2ccccc12. The van der Waals surface area contributed by atoms with Crippen molar-refractivity contribution in [3.8, 4) is 6.07 Å². The van der Waals surface area contributed by atoms with Crippen LogP contribution in [0.25, 0.3) is 10.8 Å². The number of thioether (sulfide) groups is 1. The van der Waals surface area contributed by atoms with Gasteiger partial charge in [0.1, 0.15) is 18.3 Å². The first-order valence-corrected chi connectivity index (χ1v) is 23.5. The summed E-state index contributed by atoms with van der Waals surface area (Å²) >= 11 is 1.76. The van der Waals surface area contributed by atoms with E-state index in [2.05, 4.69) is 96.9 Å². The predicted molar refractivity (Wildman–Crippen MR) is 241 cm³/mol. The number of rotatable bonds is 28. The number of nitriles is 1. The van der Waals surface area contributed by atoms with Crippen LogP contribution in [0.3, 0.4) is 0 Å². The highest BCUT2D eigenvalue weighted by atomic mass is 32.2. The molecule has 0 bridgehead atoms. The number of unbranched alkanes of at least 4 members (excludes halogenated alkanes) is 14. The summed E-state index contributed by atoms with van der Waals surface area (Å²) in [5, 5.41) is 17.2. The summed E-state index contributed by atoms with van der Waals surface area (Å²) < 4.78 is 0. The van der Waals surface area contributed by atoms with Crippen molar-refractivity contribution >= 4 is 40.8 Å². The van der Waals surface area contributed by atoms with Crippen LogP contribution in [0.15, 0.2) is 93.6 Å². The van der Waals surface area contributed by atoms with Gasteiger partial charge in [0, 0.05) is 34.8 Å². The first kappa shape index (κ1) is 44.4. The van der Waals surface area contributed by atoms with Crippen molar-refractivity contribution < 1.29 is 14.9 Å². The number of aldehydes is 2. The Morgan fingerprint density at radius 3 is 2.16 bits per heavy atom. The Kier molecular flexibility index (Phi) is 19.0. The predicted octanol–water partition coefficient (Wildman–Crippen LogP) is 13.0. The third kappa shape index (κ3) is 12.2. The summed E-state index contributed by atoms with van der Waals surface area (Å²) in [6.45, 7) is 5.83. The third-order valence-corrected chi connectivity index (χ3v) is 13.8. The smallest absolute Gasteiger partial charge is 0.134 e. The molecule has 3 aliphatic rings. The zero-order chi connectivity index (χ0) is 40.1. The molecule has 1 aliphatic heterocycles. The molecule has 0 amide bonds. The Bertz CT molecular complexity index is 1790. The topological polar surface area (TPSA) is 77.8 Å². The number of quaternary nitrogens is 1. The van der Waals surface area contributed by atoms with E-state index >= 15 is 0 Å². The molecule has 2 N–H and O–H groups in total. The summed E-state index contributed by atoms with van der Waals surface area (Å²) in [4.78, 5) is 27.0. The van der Waals surface area contributed by atoms with E-state index in [9.17, 15) is 14.9 Å². The number of hydrogen-bond donors (Lipinski definition) is 1. The molecule has 0 aromatic heterocycles. The van der Waals surface area contributed by atoms with E-state index in [0.29, 0.717) is 38.3 Å². The van der Waals surface area contributed by atoms with Crippen LogP contribution < -0.4 is 5.32 Å². The van der Waals surface area contributed by atoms with Gasteiger partial charge in [0.2, 0.25) is 0 Å². The van der Waals surface area contributed by atoms with Crippen molar-refractivity contribution in [2.45, 2.75) is 161 Å². The molecule has 1 heterocycles. The minimum atomic E-state index is -0.276. The fourth-order valence-corrected chi connectivity index (χ4v) is 10.8. The van der Waals surface area contributed by atoms with E-state index in [1.807, 2.05) is 0 Å². The molecule has 5 rings (SSSR count). The normalized spacial score (nSPS) is 17.1. The molecule has 5 nitrogen and oxygen atoms in total. The van der Waals surface area contributed by atoms with Crippen LogP contribution in [0.5, 0.6) is 0 Å².